The van der Waals surface area contributed by atoms with E-state index in [9.17, 15) is 4.79 Å². The summed E-state index contributed by atoms with van der Waals surface area (Å²) in [6.45, 7) is 14.5. The Morgan fingerprint density at radius 2 is 1.90 bits per heavy atom. The van der Waals surface area contributed by atoms with Gasteiger partial charge in [-0.2, -0.15) is 4.98 Å². The zero-order valence-electron chi connectivity index (χ0n) is 24.8. The normalized spacial score (nSPS) is 13.7. The third-order valence-electron chi connectivity index (χ3n) is 7.15. The molecule has 0 radical (unpaired) electrons. The molecule has 10 nitrogen and oxygen atoms in total. The van der Waals surface area contributed by atoms with Crippen LogP contribution in [0.1, 0.15) is 30.8 Å². The highest BCUT2D eigenvalue weighted by Crippen LogP contribution is 2.44. The minimum absolute atomic E-state index is 0.123. The third-order valence-corrected chi connectivity index (χ3v) is 7.15. The van der Waals surface area contributed by atoms with Crippen LogP contribution in [0.2, 0.25) is 0 Å². The smallest absolute Gasteiger partial charge is 0.247 e. The molecule has 0 saturated heterocycles. The van der Waals surface area contributed by atoms with Gasteiger partial charge in [-0.05, 0) is 57.8 Å². The van der Waals surface area contributed by atoms with Gasteiger partial charge in [0, 0.05) is 50.1 Å². The van der Waals surface area contributed by atoms with Crippen molar-refractivity contribution in [2.24, 2.45) is 0 Å². The zero-order valence-corrected chi connectivity index (χ0v) is 24.8. The molecule has 3 heterocycles. The molecule has 0 unspecified atom stereocenters. The first-order chi connectivity index (χ1) is 18.9. The van der Waals surface area contributed by atoms with Crippen LogP contribution in [0.3, 0.4) is 0 Å². The number of pyridine rings is 1. The van der Waals surface area contributed by atoms with Crippen molar-refractivity contribution in [1.82, 2.24) is 19.9 Å². The lowest BCUT2D eigenvalue weighted by molar-refractivity contribution is -0.111. The van der Waals surface area contributed by atoms with Crippen molar-refractivity contribution in [3.05, 3.63) is 60.1 Å². The number of carbonyl (C=O) groups excluding carboxylic acids is 1. The number of nitrogens with zero attached hydrogens (tertiary/aromatic N) is 6. The quantitative estimate of drug-likeness (QED) is 0.349. The Labute approximate surface area is 237 Å². The molecule has 1 aliphatic rings. The van der Waals surface area contributed by atoms with E-state index in [0.29, 0.717) is 23.1 Å². The highest BCUT2D eigenvalue weighted by molar-refractivity contribution is 6.02. The average molecular weight is 545 g/mol. The molecule has 0 bridgehead atoms. The van der Waals surface area contributed by atoms with Crippen molar-refractivity contribution in [3.63, 3.8) is 0 Å². The van der Waals surface area contributed by atoms with E-state index >= 15 is 0 Å². The molecule has 0 atom stereocenters. The number of benzene rings is 1. The molecule has 0 saturated carbocycles. The van der Waals surface area contributed by atoms with E-state index in [4.69, 9.17) is 14.7 Å². The molecular formula is C30H40N8O2. The second-order valence-corrected chi connectivity index (χ2v) is 11.1. The lowest BCUT2D eigenvalue weighted by Crippen LogP contribution is -2.29. The van der Waals surface area contributed by atoms with Crippen molar-refractivity contribution in [2.45, 2.75) is 33.1 Å². The summed E-state index contributed by atoms with van der Waals surface area (Å²) in [5.41, 5.74) is 6.27. The van der Waals surface area contributed by atoms with Gasteiger partial charge in [-0.15, -0.1) is 0 Å². The minimum atomic E-state index is -0.300. The summed E-state index contributed by atoms with van der Waals surface area (Å²) >= 11 is 0. The van der Waals surface area contributed by atoms with Gasteiger partial charge in [-0.1, -0.05) is 20.4 Å². The van der Waals surface area contributed by atoms with Crippen molar-refractivity contribution in [3.8, 4) is 5.75 Å². The molecule has 1 amide bonds. The Morgan fingerprint density at radius 3 is 2.58 bits per heavy atom. The summed E-state index contributed by atoms with van der Waals surface area (Å²) < 4.78 is 5.74. The molecule has 1 aliphatic heterocycles. The number of aromatic nitrogens is 3. The fourth-order valence-electron chi connectivity index (χ4n) is 4.74. The number of aryl methyl sites for hydroxylation is 2. The van der Waals surface area contributed by atoms with Crippen LogP contribution in [-0.2, 0) is 10.2 Å². The minimum Gasteiger partial charge on any atom is -0.494 e. The number of rotatable bonds is 10. The molecule has 0 spiro atoms. The largest absolute Gasteiger partial charge is 0.494 e. The first-order valence-corrected chi connectivity index (χ1v) is 13.3. The summed E-state index contributed by atoms with van der Waals surface area (Å²) in [7, 11) is 7.64. The molecule has 40 heavy (non-hydrogen) atoms. The maximum absolute atomic E-state index is 12.3. The number of amides is 1. The Bertz CT molecular complexity index is 1420. The molecule has 2 aromatic heterocycles. The number of hydrogen-bond donors (Lipinski definition) is 2. The van der Waals surface area contributed by atoms with Crippen LogP contribution >= 0.6 is 0 Å². The molecule has 4 rings (SSSR count). The standard InChI is InChI=1S/C30H40N8O2/c1-10-27(39)33-21-16-22(25(40-9)17-23(21)37(8)14-13-36(6)7)34-29-31-12-11-26(35-29)38-18-30(4,5)28-24(38)15-19(2)20(3)32-28/h10-12,15-17H,1,13-14,18H2,2-9H3,(H,33,39)(H,31,34,35). The van der Waals surface area contributed by atoms with Crippen molar-refractivity contribution >= 4 is 40.4 Å². The molecule has 3 aromatic rings. The SMILES string of the molecule is C=CC(=O)Nc1cc(Nc2nccc(N3CC(C)(C)c4nc(C)c(C)cc43)n2)c(OC)cc1N(C)CCN(C)C. The van der Waals surface area contributed by atoms with Crippen LogP contribution < -0.4 is 25.2 Å². The molecule has 0 fully saturated rings. The first-order valence-electron chi connectivity index (χ1n) is 13.3. The summed E-state index contributed by atoms with van der Waals surface area (Å²) in [4.78, 5) is 32.9. The van der Waals surface area contributed by atoms with Crippen LogP contribution in [0.25, 0.3) is 0 Å². The number of ether oxygens (including phenoxy) is 1. The van der Waals surface area contributed by atoms with Crippen LogP contribution in [0.15, 0.2) is 43.1 Å². The summed E-state index contributed by atoms with van der Waals surface area (Å²) in [5, 5.41) is 6.24. The van der Waals surface area contributed by atoms with Gasteiger partial charge in [-0.3, -0.25) is 9.78 Å². The number of anilines is 6. The van der Waals surface area contributed by atoms with E-state index in [-0.39, 0.29) is 11.3 Å². The van der Waals surface area contributed by atoms with Gasteiger partial charge in [0.05, 0.1) is 35.6 Å². The van der Waals surface area contributed by atoms with E-state index in [0.717, 1.165) is 53.8 Å². The fraction of sp³-hybridized carbons (Fsp3) is 0.400. The van der Waals surface area contributed by atoms with Gasteiger partial charge < -0.3 is 30.1 Å². The number of fused-ring (bicyclic) bond motifs is 1. The third kappa shape index (κ3) is 6.02. The zero-order chi connectivity index (χ0) is 29.2. The predicted molar refractivity (Wildman–Crippen MR) is 163 cm³/mol. The summed E-state index contributed by atoms with van der Waals surface area (Å²) in [6.07, 6.45) is 2.99. The van der Waals surface area contributed by atoms with Crippen LogP contribution in [0.4, 0.5) is 34.5 Å². The molecule has 1 aromatic carbocycles. The lowest BCUT2D eigenvalue weighted by atomic mass is 9.91. The number of methoxy groups -OCH3 is 1. The lowest BCUT2D eigenvalue weighted by Gasteiger charge is -2.26. The Balaban J connectivity index is 1.69. The topological polar surface area (TPSA) is 98.8 Å². The monoisotopic (exact) mass is 544 g/mol. The van der Waals surface area contributed by atoms with Gasteiger partial charge in [0.2, 0.25) is 11.9 Å². The second-order valence-electron chi connectivity index (χ2n) is 11.1. The van der Waals surface area contributed by atoms with Gasteiger partial charge in [0.25, 0.3) is 0 Å². The number of nitrogens with one attached hydrogen (secondary N) is 2. The molecule has 10 heteroatoms. The van der Waals surface area contributed by atoms with Crippen molar-refractivity contribution in [1.29, 1.82) is 0 Å². The highest BCUT2D eigenvalue weighted by atomic mass is 16.5. The fourth-order valence-corrected chi connectivity index (χ4v) is 4.74. The van der Waals surface area contributed by atoms with E-state index in [1.54, 1.807) is 13.3 Å². The Hall–Kier alpha value is -4.18. The van der Waals surface area contributed by atoms with Gasteiger partial charge in [0.1, 0.15) is 11.6 Å². The molecular weight excluding hydrogens is 504 g/mol. The van der Waals surface area contributed by atoms with E-state index < -0.39 is 0 Å². The van der Waals surface area contributed by atoms with Crippen molar-refractivity contribution in [2.75, 3.05) is 68.3 Å². The number of likely N-dealkylation sites (N-methyl/N-ethyl adjacent to an activating group) is 2. The maximum atomic E-state index is 12.3. The number of hydrogen-bond acceptors (Lipinski definition) is 9. The van der Waals surface area contributed by atoms with Gasteiger partial charge in [-0.25, -0.2) is 4.98 Å². The van der Waals surface area contributed by atoms with E-state index in [2.05, 4.69) is 63.7 Å². The second kappa shape index (κ2) is 11.5. The van der Waals surface area contributed by atoms with Crippen LogP contribution in [-0.4, -0.2) is 73.6 Å². The van der Waals surface area contributed by atoms with E-state index in [1.807, 2.05) is 46.3 Å². The Kier molecular flexibility index (Phi) is 8.29. The van der Waals surface area contributed by atoms with Crippen molar-refractivity contribution < 1.29 is 9.53 Å². The van der Waals surface area contributed by atoms with Gasteiger partial charge in [0.15, 0.2) is 0 Å². The summed E-state index contributed by atoms with van der Waals surface area (Å²) in [6, 6.07) is 7.82. The average Bonchev–Trinajstić information content (AvgIpc) is 3.17. The van der Waals surface area contributed by atoms with Crippen LogP contribution in [0.5, 0.6) is 5.75 Å². The van der Waals surface area contributed by atoms with Gasteiger partial charge >= 0.3 is 0 Å². The first kappa shape index (κ1) is 28.8. The number of carbonyl (C=O) groups is 1. The molecule has 0 aliphatic carbocycles. The highest BCUT2D eigenvalue weighted by Gasteiger charge is 2.38. The Morgan fingerprint density at radius 1 is 1.15 bits per heavy atom. The van der Waals surface area contributed by atoms with E-state index in [1.165, 1.54) is 6.08 Å². The maximum Gasteiger partial charge on any atom is 0.247 e. The summed E-state index contributed by atoms with van der Waals surface area (Å²) in [5.74, 6) is 1.48. The van der Waals surface area contributed by atoms with Crippen LogP contribution in [0, 0.1) is 13.8 Å². The molecule has 2 N–H and O–H groups in total. The molecule has 212 valence electrons. The predicted octanol–water partition coefficient (Wildman–Crippen LogP) is 4.79.